The van der Waals surface area contributed by atoms with E-state index in [-0.39, 0.29) is 45.0 Å². The Morgan fingerprint density at radius 2 is 1.55 bits per heavy atom. The average molecular weight is 662 g/mol. The number of oxime groups is 1. The first-order valence-corrected chi connectivity index (χ1v) is 14.2. The molecule has 47 heavy (non-hydrogen) atoms. The van der Waals surface area contributed by atoms with E-state index in [0.717, 1.165) is 12.1 Å². The van der Waals surface area contributed by atoms with Crippen LogP contribution in [0.5, 0.6) is 0 Å². The van der Waals surface area contributed by atoms with Crippen LogP contribution in [0.1, 0.15) is 55.0 Å². The number of hydrogen-bond acceptors (Lipinski definition) is 7. The summed E-state index contributed by atoms with van der Waals surface area (Å²) in [6, 6.07) is 19.4. The molecule has 0 saturated heterocycles. The van der Waals surface area contributed by atoms with Crippen LogP contribution in [0.3, 0.4) is 0 Å². The molecular formula is C33H23ClF3N5O5. The third kappa shape index (κ3) is 6.49. The quantitative estimate of drug-likeness (QED) is 0.152. The lowest BCUT2D eigenvalue weighted by molar-refractivity contribution is -0.384. The summed E-state index contributed by atoms with van der Waals surface area (Å²) in [6.07, 6.45) is -5.42. The fraction of sp³-hybridized carbons (Fsp3) is 0.152. The Labute approximate surface area is 270 Å². The highest BCUT2D eigenvalue weighted by molar-refractivity contribution is 6.30. The van der Waals surface area contributed by atoms with Gasteiger partial charge in [0.2, 0.25) is 0 Å². The van der Waals surface area contributed by atoms with Crippen LogP contribution in [0, 0.1) is 35.3 Å². The molecule has 0 spiro atoms. The number of amides is 2. The third-order valence-electron chi connectivity index (χ3n) is 7.59. The Hall–Kier alpha value is -5.74. The van der Waals surface area contributed by atoms with Gasteiger partial charge in [0.05, 0.1) is 21.9 Å². The summed E-state index contributed by atoms with van der Waals surface area (Å²) in [5, 5.41) is 29.9. The maximum Gasteiger partial charge on any atom is 0.435 e. The summed E-state index contributed by atoms with van der Waals surface area (Å²) in [5.74, 6) is -1.33. The normalized spacial score (nSPS) is 15.6. The highest BCUT2D eigenvalue weighted by Gasteiger charge is 2.62. The van der Waals surface area contributed by atoms with E-state index in [1.54, 1.807) is 38.1 Å². The van der Waals surface area contributed by atoms with Gasteiger partial charge < -0.3 is 15.5 Å². The number of rotatable bonds is 7. The van der Waals surface area contributed by atoms with Crippen molar-refractivity contribution in [1.82, 2.24) is 0 Å². The lowest BCUT2D eigenvalue weighted by Gasteiger charge is -2.30. The smallest absolute Gasteiger partial charge is 0.374 e. The summed E-state index contributed by atoms with van der Waals surface area (Å²) in [4.78, 5) is 41.5. The molecule has 0 fully saturated rings. The first-order chi connectivity index (χ1) is 22.2. The van der Waals surface area contributed by atoms with Crippen molar-refractivity contribution < 1.29 is 32.5 Å². The van der Waals surface area contributed by atoms with Crippen molar-refractivity contribution in [2.75, 3.05) is 10.6 Å². The van der Waals surface area contributed by atoms with Gasteiger partial charge in [0.1, 0.15) is 6.07 Å². The summed E-state index contributed by atoms with van der Waals surface area (Å²) in [6.45, 7) is 3.08. The van der Waals surface area contributed by atoms with Crippen LogP contribution in [-0.4, -0.2) is 28.6 Å². The fourth-order valence-corrected chi connectivity index (χ4v) is 5.22. The van der Waals surface area contributed by atoms with E-state index >= 15 is 0 Å². The monoisotopic (exact) mass is 661 g/mol. The molecule has 1 aliphatic rings. The topological polar surface area (TPSA) is 147 Å². The fourth-order valence-electron chi connectivity index (χ4n) is 5.10. The van der Waals surface area contributed by atoms with Crippen LogP contribution in [-0.2, 0) is 10.4 Å². The molecule has 2 amide bonds. The Kier molecular flexibility index (Phi) is 8.73. The Bertz CT molecular complexity index is 1970. The number of non-ortho nitro benzene ring substituents is 1. The number of nitro groups is 1. The Morgan fingerprint density at radius 1 is 0.957 bits per heavy atom. The van der Waals surface area contributed by atoms with Crippen LogP contribution in [0.25, 0.3) is 0 Å². The van der Waals surface area contributed by atoms with E-state index in [2.05, 4.69) is 15.8 Å². The number of aryl methyl sites for hydroxylation is 2. The molecule has 0 bridgehead atoms. The minimum Gasteiger partial charge on any atom is -0.374 e. The van der Waals surface area contributed by atoms with Gasteiger partial charge in [0.25, 0.3) is 23.1 Å². The molecule has 5 rings (SSSR count). The molecule has 238 valence electrons. The van der Waals surface area contributed by atoms with Crippen LogP contribution in [0.4, 0.5) is 30.2 Å². The molecule has 1 heterocycles. The molecule has 1 atom stereocenters. The molecule has 4 aromatic carbocycles. The molecule has 10 nitrogen and oxygen atoms in total. The van der Waals surface area contributed by atoms with E-state index in [1.165, 1.54) is 42.5 Å². The summed E-state index contributed by atoms with van der Waals surface area (Å²) in [5.41, 5.74) is -1.56. The standard InChI is InChI=1S/C33H23ClF3N5O5/c1-18-13-24(32(33(35,36)37)16-28(41-47-32)20-5-9-25(34)10-6-20)14-19(2)29(18)40-31(44)22-3-4-23(17-38)27(15-22)39-30(43)21-7-11-26(12-8-21)42(45)46/h3-15H,16H2,1-2H3,(H,39,43)(H,40,44). The van der Waals surface area contributed by atoms with Gasteiger partial charge in [-0.2, -0.15) is 18.4 Å². The predicted molar refractivity (Wildman–Crippen MR) is 167 cm³/mol. The van der Waals surface area contributed by atoms with Crippen LogP contribution in [0.2, 0.25) is 5.02 Å². The number of nitrogens with one attached hydrogen (secondary N) is 2. The Morgan fingerprint density at radius 3 is 2.13 bits per heavy atom. The molecular weight excluding hydrogens is 639 g/mol. The lowest BCUT2D eigenvalue weighted by atomic mass is 9.84. The van der Waals surface area contributed by atoms with Gasteiger partial charge in [-0.15, -0.1) is 0 Å². The summed E-state index contributed by atoms with van der Waals surface area (Å²) < 4.78 is 43.9. The van der Waals surface area contributed by atoms with Crippen molar-refractivity contribution in [3.8, 4) is 6.07 Å². The van der Waals surface area contributed by atoms with Crippen molar-refractivity contribution in [1.29, 1.82) is 5.26 Å². The molecule has 0 aliphatic carbocycles. The SMILES string of the molecule is Cc1cc(C2(C(F)(F)F)CC(c3ccc(Cl)cc3)=NO2)cc(C)c1NC(=O)c1ccc(C#N)c(NC(=O)c2ccc([N+](=O)[O-])cc2)c1. The molecule has 1 aliphatic heterocycles. The third-order valence-corrected chi connectivity index (χ3v) is 7.84. The number of benzene rings is 4. The van der Waals surface area contributed by atoms with Crippen molar-refractivity contribution in [2.24, 2.45) is 5.16 Å². The highest BCUT2D eigenvalue weighted by atomic mass is 35.5. The Balaban J connectivity index is 1.38. The predicted octanol–water partition coefficient (Wildman–Crippen LogP) is 7.82. The summed E-state index contributed by atoms with van der Waals surface area (Å²) in [7, 11) is 0. The molecule has 0 aromatic heterocycles. The van der Waals surface area contributed by atoms with E-state index in [1.807, 2.05) is 6.07 Å². The van der Waals surface area contributed by atoms with Gasteiger partial charge in [0, 0.05) is 46.0 Å². The van der Waals surface area contributed by atoms with E-state index in [9.17, 15) is 38.1 Å². The van der Waals surface area contributed by atoms with E-state index in [0.29, 0.717) is 21.7 Å². The second-order valence-corrected chi connectivity index (χ2v) is 11.1. The van der Waals surface area contributed by atoms with Gasteiger partial charge in [-0.1, -0.05) is 28.9 Å². The van der Waals surface area contributed by atoms with Gasteiger partial charge >= 0.3 is 6.18 Å². The molecule has 0 saturated carbocycles. The number of hydrogen-bond donors (Lipinski definition) is 2. The number of carbonyl (C=O) groups excluding carboxylic acids is 2. The molecule has 1 unspecified atom stereocenters. The number of alkyl halides is 3. The maximum absolute atomic E-state index is 14.6. The average Bonchev–Trinajstić information content (AvgIpc) is 3.50. The van der Waals surface area contributed by atoms with Crippen molar-refractivity contribution >= 4 is 46.2 Å². The maximum atomic E-state index is 14.6. The van der Waals surface area contributed by atoms with Crippen molar-refractivity contribution in [2.45, 2.75) is 32.0 Å². The zero-order valence-corrected chi connectivity index (χ0v) is 25.4. The number of halogens is 4. The zero-order valence-electron chi connectivity index (χ0n) is 24.6. The van der Waals surface area contributed by atoms with Gasteiger partial charge in [-0.3, -0.25) is 19.7 Å². The molecule has 2 N–H and O–H groups in total. The first kappa shape index (κ1) is 32.6. The number of nitrogens with zero attached hydrogens (tertiary/aromatic N) is 3. The first-order valence-electron chi connectivity index (χ1n) is 13.8. The van der Waals surface area contributed by atoms with Crippen molar-refractivity contribution in [3.05, 3.63) is 133 Å². The summed E-state index contributed by atoms with van der Waals surface area (Å²) >= 11 is 5.92. The molecule has 4 aromatic rings. The second-order valence-electron chi connectivity index (χ2n) is 10.7. The van der Waals surface area contributed by atoms with Gasteiger partial charge in [-0.05, 0) is 85.1 Å². The van der Waals surface area contributed by atoms with E-state index in [4.69, 9.17) is 16.4 Å². The minimum absolute atomic E-state index is 0.00860. The largest absolute Gasteiger partial charge is 0.435 e. The highest BCUT2D eigenvalue weighted by Crippen LogP contribution is 2.49. The van der Waals surface area contributed by atoms with Crippen molar-refractivity contribution in [3.63, 3.8) is 0 Å². The van der Waals surface area contributed by atoms with Crippen LogP contribution < -0.4 is 10.6 Å². The molecule has 14 heteroatoms. The molecule has 0 radical (unpaired) electrons. The zero-order chi connectivity index (χ0) is 34.1. The lowest BCUT2D eigenvalue weighted by Crippen LogP contribution is -2.42. The number of nitriles is 1. The van der Waals surface area contributed by atoms with Gasteiger partial charge in [0.15, 0.2) is 0 Å². The van der Waals surface area contributed by atoms with E-state index < -0.39 is 34.9 Å². The second kappa shape index (κ2) is 12.6. The number of carbonyl (C=O) groups is 2. The number of nitro benzene ring substituents is 1. The van der Waals surface area contributed by atoms with Crippen LogP contribution in [0.15, 0.2) is 84.0 Å². The van der Waals surface area contributed by atoms with Crippen LogP contribution >= 0.6 is 11.6 Å². The number of anilines is 2. The van der Waals surface area contributed by atoms with Gasteiger partial charge in [-0.25, -0.2) is 0 Å². The minimum atomic E-state index is -4.84.